The number of nitrogens with zero attached hydrogens (tertiary/aromatic N) is 1. The molecule has 2 aromatic rings. The molecule has 0 amide bonds. The fourth-order valence-corrected chi connectivity index (χ4v) is 1.86. The summed E-state index contributed by atoms with van der Waals surface area (Å²) in [5.74, 6) is 0.583. The van der Waals surface area contributed by atoms with Crippen LogP contribution in [-0.4, -0.2) is 17.3 Å². The van der Waals surface area contributed by atoms with Gasteiger partial charge in [-0.15, -0.1) is 0 Å². The zero-order chi connectivity index (χ0) is 15.9. The van der Waals surface area contributed by atoms with E-state index in [4.69, 9.17) is 4.74 Å². The molecule has 2 aromatic carbocycles. The Labute approximate surface area is 128 Å². The number of nitro benzene ring substituents is 1. The van der Waals surface area contributed by atoms with Gasteiger partial charge in [-0.1, -0.05) is 6.08 Å². The van der Waals surface area contributed by atoms with Crippen molar-refractivity contribution in [3.8, 4) is 5.75 Å². The maximum Gasteiger partial charge on any atom is 0.269 e. The third kappa shape index (κ3) is 4.02. The highest BCUT2D eigenvalue weighted by Gasteiger charge is 2.04. The molecule has 5 heteroatoms. The monoisotopic (exact) mass is 297 g/mol. The molecule has 0 saturated carbocycles. The summed E-state index contributed by atoms with van der Waals surface area (Å²) in [4.78, 5) is 22.1. The summed E-state index contributed by atoms with van der Waals surface area (Å²) in [5.41, 5.74) is 1.31. The molecule has 0 aliphatic heterocycles. The molecular weight excluding hydrogens is 282 g/mol. The summed E-state index contributed by atoms with van der Waals surface area (Å²) < 4.78 is 5.32. The minimum Gasteiger partial charge on any atom is -0.494 e. The van der Waals surface area contributed by atoms with Crippen LogP contribution in [0.25, 0.3) is 6.08 Å². The van der Waals surface area contributed by atoms with Crippen molar-refractivity contribution in [3.63, 3.8) is 0 Å². The Bertz CT molecular complexity index is 688. The molecule has 0 unspecified atom stereocenters. The standard InChI is InChI=1S/C17H15NO4/c1-2-22-16-10-6-14(7-11-16)17(19)12-5-13-3-8-15(9-4-13)18(20)21/h3-12H,2H2,1H3/b12-5+. The van der Waals surface area contributed by atoms with Crippen molar-refractivity contribution in [2.45, 2.75) is 6.92 Å². The van der Waals surface area contributed by atoms with Crippen molar-refractivity contribution in [2.75, 3.05) is 6.61 Å². The first-order valence-corrected chi connectivity index (χ1v) is 6.80. The van der Waals surface area contributed by atoms with Crippen molar-refractivity contribution in [1.29, 1.82) is 0 Å². The van der Waals surface area contributed by atoms with Gasteiger partial charge in [-0.3, -0.25) is 14.9 Å². The first-order valence-electron chi connectivity index (χ1n) is 6.80. The largest absolute Gasteiger partial charge is 0.494 e. The Kier molecular flexibility index (Phi) is 5.03. The molecule has 2 rings (SSSR count). The fraction of sp³-hybridized carbons (Fsp3) is 0.118. The molecule has 0 N–H and O–H groups in total. The van der Waals surface area contributed by atoms with E-state index in [0.29, 0.717) is 12.2 Å². The van der Waals surface area contributed by atoms with Gasteiger partial charge in [0.15, 0.2) is 5.78 Å². The molecule has 0 saturated heterocycles. The van der Waals surface area contributed by atoms with E-state index < -0.39 is 4.92 Å². The number of ether oxygens (including phenoxy) is 1. The molecule has 0 radical (unpaired) electrons. The molecule has 22 heavy (non-hydrogen) atoms. The Morgan fingerprint density at radius 1 is 1.14 bits per heavy atom. The van der Waals surface area contributed by atoms with Crippen LogP contribution in [0.1, 0.15) is 22.8 Å². The van der Waals surface area contributed by atoms with E-state index in [1.807, 2.05) is 6.92 Å². The van der Waals surface area contributed by atoms with Crippen LogP contribution in [0.15, 0.2) is 54.6 Å². The third-order valence-corrected chi connectivity index (χ3v) is 2.98. The molecule has 0 atom stereocenters. The highest BCUT2D eigenvalue weighted by Crippen LogP contribution is 2.15. The predicted octanol–water partition coefficient (Wildman–Crippen LogP) is 3.89. The average Bonchev–Trinajstić information content (AvgIpc) is 2.54. The molecule has 112 valence electrons. The molecule has 0 aliphatic carbocycles. The molecule has 0 aromatic heterocycles. The maximum atomic E-state index is 12.0. The van der Waals surface area contributed by atoms with Crippen molar-refractivity contribution < 1.29 is 14.5 Å². The number of benzene rings is 2. The van der Waals surface area contributed by atoms with Crippen molar-refractivity contribution >= 4 is 17.5 Å². The second kappa shape index (κ2) is 7.17. The lowest BCUT2D eigenvalue weighted by Gasteiger charge is -2.02. The summed E-state index contributed by atoms with van der Waals surface area (Å²) >= 11 is 0. The number of nitro groups is 1. The van der Waals surface area contributed by atoms with Crippen LogP contribution >= 0.6 is 0 Å². The Morgan fingerprint density at radius 3 is 2.32 bits per heavy atom. The SMILES string of the molecule is CCOc1ccc(C(=O)/C=C/c2ccc([N+](=O)[O-])cc2)cc1. The lowest BCUT2D eigenvalue weighted by molar-refractivity contribution is -0.384. The summed E-state index contributed by atoms with van der Waals surface area (Å²) in [7, 11) is 0. The number of carbonyl (C=O) groups excluding carboxylic acids is 1. The van der Waals surface area contributed by atoms with Gasteiger partial charge in [0.2, 0.25) is 0 Å². The normalized spacial score (nSPS) is 10.6. The quantitative estimate of drug-likeness (QED) is 0.351. The van der Waals surface area contributed by atoms with E-state index >= 15 is 0 Å². The van der Waals surface area contributed by atoms with E-state index in [1.54, 1.807) is 42.5 Å². The number of carbonyl (C=O) groups is 1. The zero-order valence-corrected chi connectivity index (χ0v) is 12.1. The molecule has 0 aliphatic rings. The summed E-state index contributed by atoms with van der Waals surface area (Å²) in [6, 6.07) is 12.9. The van der Waals surface area contributed by atoms with Crippen LogP contribution in [0.5, 0.6) is 5.75 Å². The first-order chi connectivity index (χ1) is 10.6. The second-order valence-electron chi connectivity index (χ2n) is 4.50. The van der Waals surface area contributed by atoms with Gasteiger partial charge in [0.1, 0.15) is 5.75 Å². The van der Waals surface area contributed by atoms with Crippen LogP contribution < -0.4 is 4.74 Å². The molecule has 0 heterocycles. The van der Waals surface area contributed by atoms with Crippen LogP contribution in [0.2, 0.25) is 0 Å². The van der Waals surface area contributed by atoms with Gasteiger partial charge in [-0.05, 0) is 55.0 Å². The van der Waals surface area contributed by atoms with Gasteiger partial charge in [0.05, 0.1) is 11.5 Å². The third-order valence-electron chi connectivity index (χ3n) is 2.98. The van der Waals surface area contributed by atoms with E-state index in [-0.39, 0.29) is 11.5 Å². The van der Waals surface area contributed by atoms with E-state index in [9.17, 15) is 14.9 Å². The molecular formula is C17H15NO4. The van der Waals surface area contributed by atoms with Gasteiger partial charge in [0.25, 0.3) is 5.69 Å². The van der Waals surface area contributed by atoms with E-state index in [2.05, 4.69) is 0 Å². The van der Waals surface area contributed by atoms with Crippen LogP contribution in [-0.2, 0) is 0 Å². The van der Waals surface area contributed by atoms with E-state index in [0.717, 1.165) is 11.3 Å². The van der Waals surface area contributed by atoms with Crippen molar-refractivity contribution in [3.05, 3.63) is 75.8 Å². The summed E-state index contributed by atoms with van der Waals surface area (Å²) in [5, 5.41) is 10.6. The summed E-state index contributed by atoms with van der Waals surface area (Å²) in [6.07, 6.45) is 3.07. The van der Waals surface area contributed by atoms with Gasteiger partial charge >= 0.3 is 0 Å². The minimum atomic E-state index is -0.460. The Hall–Kier alpha value is -2.95. The van der Waals surface area contributed by atoms with Crippen LogP contribution in [0, 0.1) is 10.1 Å². The van der Waals surface area contributed by atoms with Crippen LogP contribution in [0.3, 0.4) is 0 Å². The number of non-ortho nitro benzene ring substituents is 1. The van der Waals surface area contributed by atoms with E-state index in [1.165, 1.54) is 18.2 Å². The highest BCUT2D eigenvalue weighted by atomic mass is 16.6. The average molecular weight is 297 g/mol. The Balaban J connectivity index is 2.05. The molecule has 5 nitrogen and oxygen atoms in total. The van der Waals surface area contributed by atoms with Gasteiger partial charge in [-0.25, -0.2) is 0 Å². The maximum absolute atomic E-state index is 12.0. The second-order valence-corrected chi connectivity index (χ2v) is 4.50. The predicted molar refractivity (Wildman–Crippen MR) is 84.1 cm³/mol. The number of rotatable bonds is 6. The molecule has 0 spiro atoms. The molecule has 0 fully saturated rings. The number of ketones is 1. The smallest absolute Gasteiger partial charge is 0.269 e. The molecule has 0 bridgehead atoms. The highest BCUT2D eigenvalue weighted by molar-refractivity contribution is 6.06. The Morgan fingerprint density at radius 2 is 1.77 bits per heavy atom. The summed E-state index contributed by atoms with van der Waals surface area (Å²) in [6.45, 7) is 2.47. The lowest BCUT2D eigenvalue weighted by Crippen LogP contribution is -1.95. The lowest BCUT2D eigenvalue weighted by atomic mass is 10.1. The van der Waals surface area contributed by atoms with Gasteiger partial charge < -0.3 is 4.74 Å². The topological polar surface area (TPSA) is 69.4 Å². The number of hydrogen-bond acceptors (Lipinski definition) is 4. The van der Waals surface area contributed by atoms with Gasteiger partial charge in [-0.2, -0.15) is 0 Å². The van der Waals surface area contributed by atoms with Gasteiger partial charge in [0, 0.05) is 17.7 Å². The van der Waals surface area contributed by atoms with Crippen LogP contribution in [0.4, 0.5) is 5.69 Å². The fourth-order valence-electron chi connectivity index (χ4n) is 1.86. The number of allylic oxidation sites excluding steroid dienone is 1. The number of hydrogen-bond donors (Lipinski definition) is 0. The van der Waals surface area contributed by atoms with Crippen molar-refractivity contribution in [1.82, 2.24) is 0 Å². The zero-order valence-electron chi connectivity index (χ0n) is 12.1. The van der Waals surface area contributed by atoms with Crippen molar-refractivity contribution in [2.24, 2.45) is 0 Å². The first kappa shape index (κ1) is 15.4. The minimum absolute atomic E-state index is 0.0231.